The van der Waals surface area contributed by atoms with Gasteiger partial charge < -0.3 is 10.1 Å². The average molecular weight is 268 g/mol. The lowest BCUT2D eigenvalue weighted by molar-refractivity contribution is -0.121. The van der Waals surface area contributed by atoms with Crippen LogP contribution in [0.2, 0.25) is 0 Å². The Labute approximate surface area is 112 Å². The van der Waals surface area contributed by atoms with Crippen LogP contribution in [-0.4, -0.2) is 50.2 Å². The van der Waals surface area contributed by atoms with Gasteiger partial charge in [-0.3, -0.25) is 9.69 Å². The summed E-state index contributed by atoms with van der Waals surface area (Å²) in [5.74, 6) is 0.148. The highest BCUT2D eigenvalue weighted by molar-refractivity contribution is 7.07. The van der Waals surface area contributed by atoms with Crippen molar-refractivity contribution in [1.82, 2.24) is 10.2 Å². The van der Waals surface area contributed by atoms with Gasteiger partial charge in [0.05, 0.1) is 13.2 Å². The number of nitrogens with one attached hydrogen (secondary N) is 1. The first kappa shape index (κ1) is 13.5. The number of ether oxygens (including phenoxy) is 1. The number of morpholine rings is 1. The maximum absolute atomic E-state index is 11.6. The standard InChI is InChI=1S/C13H20N2O2S/c16-13(2-1-12-3-10-18-11-12)14-4-5-15-6-8-17-9-7-15/h3,10-11H,1-2,4-9H2,(H,14,16). The van der Waals surface area contributed by atoms with Crippen LogP contribution < -0.4 is 5.32 Å². The summed E-state index contributed by atoms with van der Waals surface area (Å²) in [4.78, 5) is 14.0. The average Bonchev–Trinajstić information content (AvgIpc) is 2.91. The van der Waals surface area contributed by atoms with E-state index in [0.717, 1.165) is 45.8 Å². The lowest BCUT2D eigenvalue weighted by Gasteiger charge is -2.26. The van der Waals surface area contributed by atoms with Gasteiger partial charge in [0.15, 0.2) is 0 Å². The van der Waals surface area contributed by atoms with Gasteiger partial charge in [0.1, 0.15) is 0 Å². The summed E-state index contributed by atoms with van der Waals surface area (Å²) < 4.78 is 5.28. The van der Waals surface area contributed by atoms with E-state index in [1.165, 1.54) is 5.56 Å². The van der Waals surface area contributed by atoms with Crippen LogP contribution in [0.15, 0.2) is 16.8 Å². The molecule has 0 unspecified atom stereocenters. The lowest BCUT2D eigenvalue weighted by Crippen LogP contribution is -2.41. The molecule has 2 rings (SSSR count). The van der Waals surface area contributed by atoms with E-state index in [1.807, 2.05) is 5.38 Å². The van der Waals surface area contributed by atoms with E-state index in [1.54, 1.807) is 11.3 Å². The molecule has 0 aromatic carbocycles. The van der Waals surface area contributed by atoms with Crippen LogP contribution in [0, 0.1) is 0 Å². The molecule has 1 aromatic rings. The van der Waals surface area contributed by atoms with E-state index in [9.17, 15) is 4.79 Å². The third-order valence-electron chi connectivity index (χ3n) is 3.07. The molecule has 2 heterocycles. The number of nitrogens with zero attached hydrogens (tertiary/aromatic N) is 1. The highest BCUT2D eigenvalue weighted by atomic mass is 32.1. The van der Waals surface area contributed by atoms with E-state index in [2.05, 4.69) is 21.7 Å². The van der Waals surface area contributed by atoms with Crippen LogP contribution in [0.4, 0.5) is 0 Å². The SMILES string of the molecule is O=C(CCc1ccsc1)NCCN1CCOCC1. The Morgan fingerprint density at radius 2 is 2.28 bits per heavy atom. The fourth-order valence-corrected chi connectivity index (χ4v) is 2.66. The van der Waals surface area contributed by atoms with Crippen molar-refractivity contribution in [3.8, 4) is 0 Å². The van der Waals surface area contributed by atoms with E-state index in [0.29, 0.717) is 6.42 Å². The second-order valence-corrected chi connectivity index (χ2v) is 5.22. The Morgan fingerprint density at radius 1 is 1.44 bits per heavy atom. The molecule has 0 saturated carbocycles. The van der Waals surface area contributed by atoms with E-state index < -0.39 is 0 Å². The van der Waals surface area contributed by atoms with Gasteiger partial charge in [-0.15, -0.1) is 0 Å². The van der Waals surface area contributed by atoms with Gasteiger partial charge in [-0.1, -0.05) is 0 Å². The lowest BCUT2D eigenvalue weighted by atomic mass is 10.2. The Bertz CT molecular complexity index is 348. The minimum Gasteiger partial charge on any atom is -0.379 e. The van der Waals surface area contributed by atoms with Gasteiger partial charge in [-0.25, -0.2) is 0 Å². The highest BCUT2D eigenvalue weighted by Gasteiger charge is 2.10. The number of rotatable bonds is 6. The summed E-state index contributed by atoms with van der Waals surface area (Å²) in [5.41, 5.74) is 1.25. The van der Waals surface area contributed by atoms with Gasteiger partial charge in [-0.05, 0) is 28.8 Å². The van der Waals surface area contributed by atoms with Crippen molar-refractivity contribution >= 4 is 17.2 Å². The molecule has 1 aliphatic rings. The smallest absolute Gasteiger partial charge is 0.220 e. The summed E-state index contributed by atoms with van der Waals surface area (Å²) in [6.45, 7) is 5.24. The predicted octanol–water partition coefficient (Wildman–Crippen LogP) is 1.13. The van der Waals surface area contributed by atoms with Crippen LogP contribution in [-0.2, 0) is 16.0 Å². The molecule has 100 valence electrons. The van der Waals surface area contributed by atoms with Crippen molar-refractivity contribution in [3.05, 3.63) is 22.4 Å². The highest BCUT2D eigenvalue weighted by Crippen LogP contribution is 2.08. The predicted molar refractivity (Wildman–Crippen MR) is 72.9 cm³/mol. The van der Waals surface area contributed by atoms with Gasteiger partial charge in [-0.2, -0.15) is 11.3 Å². The minimum absolute atomic E-state index is 0.148. The summed E-state index contributed by atoms with van der Waals surface area (Å²) >= 11 is 1.68. The van der Waals surface area contributed by atoms with Gasteiger partial charge >= 0.3 is 0 Å². The molecule has 18 heavy (non-hydrogen) atoms. The van der Waals surface area contributed by atoms with Crippen LogP contribution in [0.25, 0.3) is 0 Å². The van der Waals surface area contributed by atoms with Crippen molar-refractivity contribution in [2.45, 2.75) is 12.8 Å². The maximum atomic E-state index is 11.6. The fourth-order valence-electron chi connectivity index (χ4n) is 1.96. The first-order valence-corrected chi connectivity index (χ1v) is 7.37. The van der Waals surface area contributed by atoms with Crippen molar-refractivity contribution in [1.29, 1.82) is 0 Å². The van der Waals surface area contributed by atoms with E-state index in [4.69, 9.17) is 4.74 Å². The third-order valence-corrected chi connectivity index (χ3v) is 3.81. The zero-order valence-corrected chi connectivity index (χ0v) is 11.4. The molecule has 0 bridgehead atoms. The van der Waals surface area contributed by atoms with E-state index in [-0.39, 0.29) is 5.91 Å². The quantitative estimate of drug-likeness (QED) is 0.841. The van der Waals surface area contributed by atoms with Crippen LogP contribution in [0.3, 0.4) is 0 Å². The molecule has 1 N–H and O–H groups in total. The minimum atomic E-state index is 0.148. The van der Waals surface area contributed by atoms with Crippen molar-refractivity contribution < 1.29 is 9.53 Å². The third kappa shape index (κ3) is 4.76. The number of carbonyl (C=O) groups is 1. The van der Waals surface area contributed by atoms with Gasteiger partial charge in [0.2, 0.25) is 5.91 Å². The van der Waals surface area contributed by atoms with Crippen LogP contribution >= 0.6 is 11.3 Å². The Balaban J connectivity index is 1.54. The van der Waals surface area contributed by atoms with Crippen molar-refractivity contribution in [2.24, 2.45) is 0 Å². The number of carbonyl (C=O) groups excluding carboxylic acids is 1. The molecule has 0 aliphatic carbocycles. The van der Waals surface area contributed by atoms with Crippen molar-refractivity contribution in [3.63, 3.8) is 0 Å². The normalized spacial score (nSPS) is 16.7. The molecular weight excluding hydrogens is 248 g/mol. The monoisotopic (exact) mass is 268 g/mol. The molecule has 1 aliphatic heterocycles. The molecule has 0 radical (unpaired) electrons. The summed E-state index contributed by atoms with van der Waals surface area (Å²) in [5, 5.41) is 7.12. The Kier molecular flexibility index (Phi) is 5.64. The van der Waals surface area contributed by atoms with Gasteiger partial charge in [0, 0.05) is 32.6 Å². The molecule has 5 heteroatoms. The Hall–Kier alpha value is -0.910. The Morgan fingerprint density at radius 3 is 3.00 bits per heavy atom. The number of aryl methyl sites for hydroxylation is 1. The zero-order chi connectivity index (χ0) is 12.6. The molecule has 4 nitrogen and oxygen atoms in total. The molecule has 0 spiro atoms. The second-order valence-electron chi connectivity index (χ2n) is 4.44. The summed E-state index contributed by atoms with van der Waals surface area (Å²) in [6, 6.07) is 2.08. The maximum Gasteiger partial charge on any atom is 0.220 e. The number of amides is 1. The number of hydrogen-bond donors (Lipinski definition) is 1. The topological polar surface area (TPSA) is 41.6 Å². The summed E-state index contributed by atoms with van der Waals surface area (Å²) in [6.07, 6.45) is 1.42. The molecule has 1 saturated heterocycles. The first-order chi connectivity index (χ1) is 8.84. The largest absolute Gasteiger partial charge is 0.379 e. The molecule has 1 fully saturated rings. The first-order valence-electron chi connectivity index (χ1n) is 6.42. The van der Waals surface area contributed by atoms with Crippen LogP contribution in [0.1, 0.15) is 12.0 Å². The van der Waals surface area contributed by atoms with Crippen molar-refractivity contribution in [2.75, 3.05) is 39.4 Å². The molecule has 1 amide bonds. The van der Waals surface area contributed by atoms with Crippen LogP contribution in [0.5, 0.6) is 0 Å². The molecular formula is C13H20N2O2S. The summed E-state index contributed by atoms with van der Waals surface area (Å²) in [7, 11) is 0. The van der Waals surface area contributed by atoms with Gasteiger partial charge in [0.25, 0.3) is 0 Å². The molecule has 0 atom stereocenters. The number of thiophene rings is 1. The molecule has 1 aromatic heterocycles. The number of hydrogen-bond acceptors (Lipinski definition) is 4. The zero-order valence-electron chi connectivity index (χ0n) is 10.6. The second kappa shape index (κ2) is 7.51. The van der Waals surface area contributed by atoms with E-state index >= 15 is 0 Å². The fraction of sp³-hybridized carbons (Fsp3) is 0.615.